The third-order valence-corrected chi connectivity index (χ3v) is 3.90. The maximum atomic E-state index is 3.67. The number of hydrogen-bond acceptors (Lipinski definition) is 1. The Balaban J connectivity index is 1.86. The van der Waals surface area contributed by atoms with Crippen molar-refractivity contribution in [1.29, 1.82) is 0 Å². The van der Waals surface area contributed by atoms with Crippen LogP contribution in [0.2, 0.25) is 0 Å². The van der Waals surface area contributed by atoms with Gasteiger partial charge in [0.15, 0.2) is 0 Å². The SMILES string of the molecule is c1ccc(C2NCC3CCCC32)cc1. The van der Waals surface area contributed by atoms with E-state index in [1.807, 2.05) is 0 Å². The number of fused-ring (bicyclic) bond motifs is 1. The summed E-state index contributed by atoms with van der Waals surface area (Å²) in [5.41, 5.74) is 1.49. The van der Waals surface area contributed by atoms with Crippen LogP contribution < -0.4 is 5.32 Å². The molecule has 0 radical (unpaired) electrons. The zero-order chi connectivity index (χ0) is 9.38. The lowest BCUT2D eigenvalue weighted by molar-refractivity contribution is 0.421. The molecule has 1 aromatic carbocycles. The lowest BCUT2D eigenvalue weighted by Gasteiger charge is -2.18. The monoisotopic (exact) mass is 187 g/mol. The van der Waals surface area contributed by atoms with Gasteiger partial charge >= 0.3 is 0 Å². The van der Waals surface area contributed by atoms with Gasteiger partial charge < -0.3 is 5.32 Å². The molecule has 1 heterocycles. The number of benzene rings is 1. The van der Waals surface area contributed by atoms with E-state index in [0.29, 0.717) is 6.04 Å². The normalized spacial score (nSPS) is 35.9. The van der Waals surface area contributed by atoms with Crippen molar-refractivity contribution in [2.24, 2.45) is 11.8 Å². The van der Waals surface area contributed by atoms with Crippen molar-refractivity contribution < 1.29 is 0 Å². The van der Waals surface area contributed by atoms with Gasteiger partial charge in [0.2, 0.25) is 0 Å². The standard InChI is InChI=1S/C13H17N/c1-2-5-10(6-3-1)13-12-8-4-7-11(12)9-14-13/h1-3,5-6,11-14H,4,7-9H2. The summed E-state index contributed by atoms with van der Waals surface area (Å²) in [6.07, 6.45) is 4.32. The molecule has 1 aliphatic carbocycles. The summed E-state index contributed by atoms with van der Waals surface area (Å²) in [6.45, 7) is 1.24. The maximum absolute atomic E-state index is 3.67. The van der Waals surface area contributed by atoms with Crippen molar-refractivity contribution in [3.63, 3.8) is 0 Å². The summed E-state index contributed by atoms with van der Waals surface area (Å²) in [6, 6.07) is 11.6. The second kappa shape index (κ2) is 3.39. The Bertz CT molecular complexity index is 306. The predicted octanol–water partition coefficient (Wildman–Crippen LogP) is 2.75. The van der Waals surface area contributed by atoms with Gasteiger partial charge in [-0.15, -0.1) is 0 Å². The average Bonchev–Trinajstić information content (AvgIpc) is 2.79. The van der Waals surface area contributed by atoms with Crippen LogP contribution in [0, 0.1) is 11.8 Å². The summed E-state index contributed by atoms with van der Waals surface area (Å²) in [5.74, 6) is 1.87. The molecule has 3 atom stereocenters. The van der Waals surface area contributed by atoms with Gasteiger partial charge in [0, 0.05) is 6.04 Å². The fourth-order valence-electron chi connectivity index (χ4n) is 3.21. The Morgan fingerprint density at radius 3 is 2.79 bits per heavy atom. The molecular formula is C13H17N. The Morgan fingerprint density at radius 2 is 1.93 bits per heavy atom. The van der Waals surface area contributed by atoms with Crippen LogP contribution in [0.1, 0.15) is 30.9 Å². The predicted molar refractivity (Wildman–Crippen MR) is 58.0 cm³/mol. The van der Waals surface area contributed by atoms with E-state index < -0.39 is 0 Å². The van der Waals surface area contributed by atoms with Crippen molar-refractivity contribution in [2.75, 3.05) is 6.54 Å². The molecule has 1 heteroatoms. The van der Waals surface area contributed by atoms with Crippen molar-refractivity contribution in [3.8, 4) is 0 Å². The maximum Gasteiger partial charge on any atom is 0.0351 e. The second-order valence-corrected chi connectivity index (χ2v) is 4.65. The zero-order valence-electron chi connectivity index (χ0n) is 8.45. The Labute approximate surface area is 85.5 Å². The quantitative estimate of drug-likeness (QED) is 0.713. The van der Waals surface area contributed by atoms with Crippen molar-refractivity contribution >= 4 is 0 Å². The minimum Gasteiger partial charge on any atom is -0.309 e. The highest BCUT2D eigenvalue weighted by atomic mass is 15.0. The second-order valence-electron chi connectivity index (χ2n) is 4.65. The van der Waals surface area contributed by atoms with Gasteiger partial charge in [0.1, 0.15) is 0 Å². The van der Waals surface area contributed by atoms with Crippen molar-refractivity contribution in [3.05, 3.63) is 35.9 Å². The Hall–Kier alpha value is -0.820. The molecule has 3 rings (SSSR count). The molecule has 14 heavy (non-hydrogen) atoms. The number of rotatable bonds is 1. The summed E-state index contributed by atoms with van der Waals surface area (Å²) in [4.78, 5) is 0. The molecule has 3 unspecified atom stereocenters. The fraction of sp³-hybridized carbons (Fsp3) is 0.538. The molecule has 0 aromatic heterocycles. The highest BCUT2D eigenvalue weighted by molar-refractivity contribution is 5.21. The molecule has 0 spiro atoms. The van der Waals surface area contributed by atoms with Crippen LogP contribution in [0.4, 0.5) is 0 Å². The molecule has 74 valence electrons. The van der Waals surface area contributed by atoms with Gasteiger partial charge in [-0.1, -0.05) is 36.8 Å². The minimum atomic E-state index is 0.642. The van der Waals surface area contributed by atoms with E-state index in [2.05, 4.69) is 35.6 Å². The van der Waals surface area contributed by atoms with Crippen LogP contribution in [-0.2, 0) is 0 Å². The zero-order valence-corrected chi connectivity index (χ0v) is 8.45. The topological polar surface area (TPSA) is 12.0 Å². The van der Waals surface area contributed by atoms with E-state index in [-0.39, 0.29) is 0 Å². The molecule has 1 aromatic rings. The lowest BCUT2D eigenvalue weighted by Crippen LogP contribution is -2.17. The van der Waals surface area contributed by atoms with E-state index in [9.17, 15) is 0 Å². The first kappa shape index (κ1) is 8.49. The van der Waals surface area contributed by atoms with Crippen molar-refractivity contribution in [2.45, 2.75) is 25.3 Å². The van der Waals surface area contributed by atoms with Crippen LogP contribution in [0.5, 0.6) is 0 Å². The Kier molecular flexibility index (Phi) is 2.06. The van der Waals surface area contributed by atoms with Crippen LogP contribution in [0.15, 0.2) is 30.3 Å². The van der Waals surface area contributed by atoms with Gasteiger partial charge in [-0.3, -0.25) is 0 Å². The molecule has 1 aliphatic heterocycles. The van der Waals surface area contributed by atoms with Crippen LogP contribution in [0.25, 0.3) is 0 Å². The average molecular weight is 187 g/mol. The van der Waals surface area contributed by atoms with E-state index in [1.54, 1.807) is 0 Å². The largest absolute Gasteiger partial charge is 0.309 e. The molecule has 0 bridgehead atoms. The third-order valence-electron chi connectivity index (χ3n) is 3.90. The van der Waals surface area contributed by atoms with Crippen molar-refractivity contribution in [1.82, 2.24) is 5.32 Å². The first-order chi connectivity index (χ1) is 6.95. The smallest absolute Gasteiger partial charge is 0.0351 e. The highest BCUT2D eigenvalue weighted by Crippen LogP contribution is 2.44. The van der Waals surface area contributed by atoms with Gasteiger partial charge in [0.25, 0.3) is 0 Å². The van der Waals surface area contributed by atoms with Crippen LogP contribution >= 0.6 is 0 Å². The Morgan fingerprint density at radius 1 is 1.07 bits per heavy atom. The van der Waals surface area contributed by atoms with E-state index in [1.165, 1.54) is 31.4 Å². The molecular weight excluding hydrogens is 170 g/mol. The minimum absolute atomic E-state index is 0.642. The van der Waals surface area contributed by atoms with Gasteiger partial charge in [-0.05, 0) is 36.8 Å². The molecule has 2 fully saturated rings. The molecule has 1 N–H and O–H groups in total. The number of nitrogens with one attached hydrogen (secondary N) is 1. The molecule has 0 amide bonds. The summed E-state index contributed by atoms with van der Waals surface area (Å²) in [7, 11) is 0. The van der Waals surface area contributed by atoms with Gasteiger partial charge in [-0.2, -0.15) is 0 Å². The van der Waals surface area contributed by atoms with Crippen LogP contribution in [-0.4, -0.2) is 6.54 Å². The molecule has 1 saturated heterocycles. The number of hydrogen-bond donors (Lipinski definition) is 1. The van der Waals surface area contributed by atoms with E-state index in [4.69, 9.17) is 0 Å². The summed E-state index contributed by atoms with van der Waals surface area (Å²) < 4.78 is 0. The molecule has 1 saturated carbocycles. The summed E-state index contributed by atoms with van der Waals surface area (Å²) in [5, 5.41) is 3.67. The fourth-order valence-corrected chi connectivity index (χ4v) is 3.21. The highest BCUT2D eigenvalue weighted by Gasteiger charge is 2.39. The van der Waals surface area contributed by atoms with E-state index in [0.717, 1.165) is 11.8 Å². The molecule has 1 nitrogen and oxygen atoms in total. The molecule has 2 aliphatic rings. The first-order valence-corrected chi connectivity index (χ1v) is 5.73. The lowest BCUT2D eigenvalue weighted by atomic mass is 9.90. The third kappa shape index (κ3) is 1.27. The first-order valence-electron chi connectivity index (χ1n) is 5.73. The van der Waals surface area contributed by atoms with Crippen LogP contribution in [0.3, 0.4) is 0 Å². The van der Waals surface area contributed by atoms with Gasteiger partial charge in [-0.25, -0.2) is 0 Å². The van der Waals surface area contributed by atoms with Gasteiger partial charge in [0.05, 0.1) is 0 Å². The summed E-state index contributed by atoms with van der Waals surface area (Å²) >= 11 is 0. The van der Waals surface area contributed by atoms with E-state index >= 15 is 0 Å².